The average molecular weight is 305 g/mol. The zero-order chi connectivity index (χ0) is 10.8. The summed E-state index contributed by atoms with van der Waals surface area (Å²) in [6.45, 7) is -0.0355. The molecule has 0 aliphatic rings. The van der Waals surface area contributed by atoms with Gasteiger partial charge in [-0.15, -0.1) is 11.3 Å². The van der Waals surface area contributed by atoms with Gasteiger partial charge < -0.3 is 5.11 Å². The third-order valence-corrected chi connectivity index (χ3v) is 3.55. The highest BCUT2D eigenvalue weighted by molar-refractivity contribution is 9.10. The SMILES string of the molecule is OCc1sc(Cl)nc1-c1cccc(Br)c1. The molecule has 0 atom stereocenters. The fourth-order valence-electron chi connectivity index (χ4n) is 1.29. The number of hydrogen-bond acceptors (Lipinski definition) is 3. The predicted octanol–water partition coefficient (Wildman–Crippen LogP) is 3.72. The number of aliphatic hydroxyl groups excluding tert-OH is 1. The van der Waals surface area contributed by atoms with Crippen LogP contribution in [-0.4, -0.2) is 10.1 Å². The van der Waals surface area contributed by atoms with E-state index in [0.717, 1.165) is 20.6 Å². The Bertz CT molecular complexity index is 486. The lowest BCUT2D eigenvalue weighted by Crippen LogP contribution is -1.84. The minimum Gasteiger partial charge on any atom is -0.391 e. The van der Waals surface area contributed by atoms with Crippen LogP contribution in [0.3, 0.4) is 0 Å². The molecule has 2 aromatic rings. The largest absolute Gasteiger partial charge is 0.391 e. The quantitative estimate of drug-likeness (QED) is 0.917. The third-order valence-electron chi connectivity index (χ3n) is 1.91. The summed E-state index contributed by atoms with van der Waals surface area (Å²) in [5, 5.41) is 9.16. The maximum atomic E-state index is 9.16. The summed E-state index contributed by atoms with van der Waals surface area (Å²) in [4.78, 5) is 4.99. The van der Waals surface area contributed by atoms with E-state index in [1.165, 1.54) is 11.3 Å². The Morgan fingerprint density at radius 1 is 1.47 bits per heavy atom. The van der Waals surface area contributed by atoms with Crippen LogP contribution in [0.25, 0.3) is 11.3 Å². The van der Waals surface area contributed by atoms with Gasteiger partial charge >= 0.3 is 0 Å². The van der Waals surface area contributed by atoms with Crippen LogP contribution in [0.2, 0.25) is 4.47 Å². The first-order valence-electron chi connectivity index (χ1n) is 4.22. The standard InChI is InChI=1S/C10H7BrClNOS/c11-7-3-1-2-6(4-7)9-8(5-14)15-10(12)13-9/h1-4,14H,5H2. The van der Waals surface area contributed by atoms with E-state index >= 15 is 0 Å². The second kappa shape index (κ2) is 4.61. The molecular formula is C10H7BrClNOS. The van der Waals surface area contributed by atoms with Crippen molar-refractivity contribution in [2.75, 3.05) is 0 Å². The van der Waals surface area contributed by atoms with E-state index in [2.05, 4.69) is 20.9 Å². The molecule has 0 radical (unpaired) electrons. The molecule has 5 heteroatoms. The topological polar surface area (TPSA) is 33.1 Å². The normalized spacial score (nSPS) is 10.6. The maximum Gasteiger partial charge on any atom is 0.184 e. The number of benzene rings is 1. The van der Waals surface area contributed by atoms with Gasteiger partial charge in [-0.05, 0) is 12.1 Å². The molecule has 1 heterocycles. The number of aromatic nitrogens is 1. The van der Waals surface area contributed by atoms with Crippen LogP contribution in [0.4, 0.5) is 0 Å². The van der Waals surface area contributed by atoms with Crippen LogP contribution in [0.1, 0.15) is 4.88 Å². The summed E-state index contributed by atoms with van der Waals surface area (Å²) < 4.78 is 1.43. The number of aliphatic hydroxyl groups is 1. The van der Waals surface area contributed by atoms with E-state index in [1.807, 2.05) is 24.3 Å². The van der Waals surface area contributed by atoms with Gasteiger partial charge in [0.25, 0.3) is 0 Å². The van der Waals surface area contributed by atoms with Crippen LogP contribution in [-0.2, 0) is 6.61 Å². The number of hydrogen-bond donors (Lipinski definition) is 1. The Morgan fingerprint density at radius 2 is 2.27 bits per heavy atom. The van der Waals surface area contributed by atoms with E-state index in [4.69, 9.17) is 16.7 Å². The average Bonchev–Trinajstić information content (AvgIpc) is 2.59. The Kier molecular flexibility index (Phi) is 3.41. The Labute approximate surface area is 105 Å². The highest BCUT2D eigenvalue weighted by Gasteiger charge is 2.11. The van der Waals surface area contributed by atoms with Crippen molar-refractivity contribution >= 4 is 38.9 Å². The van der Waals surface area contributed by atoms with Gasteiger partial charge in [0.15, 0.2) is 4.47 Å². The van der Waals surface area contributed by atoms with Gasteiger partial charge in [-0.3, -0.25) is 0 Å². The zero-order valence-electron chi connectivity index (χ0n) is 7.58. The van der Waals surface area contributed by atoms with Gasteiger partial charge in [-0.25, -0.2) is 4.98 Å². The van der Waals surface area contributed by atoms with Gasteiger partial charge in [0.1, 0.15) is 0 Å². The van der Waals surface area contributed by atoms with E-state index < -0.39 is 0 Å². The summed E-state index contributed by atoms with van der Waals surface area (Å²) in [6.07, 6.45) is 0. The molecule has 0 aliphatic heterocycles. The van der Waals surface area contributed by atoms with E-state index in [0.29, 0.717) is 4.47 Å². The minimum absolute atomic E-state index is 0.0355. The van der Waals surface area contributed by atoms with Gasteiger partial charge in [-0.1, -0.05) is 39.7 Å². The van der Waals surface area contributed by atoms with Crippen LogP contribution in [0.15, 0.2) is 28.7 Å². The highest BCUT2D eigenvalue weighted by Crippen LogP contribution is 2.31. The molecule has 1 aromatic carbocycles. The predicted molar refractivity (Wildman–Crippen MR) is 66.2 cm³/mol. The first kappa shape index (κ1) is 11.1. The van der Waals surface area contributed by atoms with Crippen molar-refractivity contribution in [3.8, 4) is 11.3 Å². The van der Waals surface area contributed by atoms with Crippen LogP contribution in [0, 0.1) is 0 Å². The summed E-state index contributed by atoms with van der Waals surface area (Å²) in [5.74, 6) is 0. The van der Waals surface area contributed by atoms with E-state index in [9.17, 15) is 0 Å². The Hall–Kier alpha value is -0.420. The fourth-order valence-corrected chi connectivity index (χ4v) is 2.72. The molecule has 78 valence electrons. The van der Waals surface area contributed by atoms with Crippen LogP contribution >= 0.6 is 38.9 Å². The van der Waals surface area contributed by atoms with E-state index in [1.54, 1.807) is 0 Å². The molecule has 0 saturated carbocycles. The molecule has 1 aromatic heterocycles. The minimum atomic E-state index is -0.0355. The summed E-state index contributed by atoms with van der Waals surface area (Å²) in [5.41, 5.74) is 1.71. The molecule has 0 saturated heterocycles. The molecule has 0 spiro atoms. The summed E-state index contributed by atoms with van der Waals surface area (Å²) in [6, 6.07) is 7.75. The lowest BCUT2D eigenvalue weighted by molar-refractivity contribution is 0.286. The molecule has 0 fully saturated rings. The molecule has 15 heavy (non-hydrogen) atoms. The summed E-state index contributed by atoms with van der Waals surface area (Å²) in [7, 11) is 0. The molecule has 1 N–H and O–H groups in total. The number of nitrogens with zero attached hydrogens (tertiary/aromatic N) is 1. The van der Waals surface area contributed by atoms with Crippen LogP contribution < -0.4 is 0 Å². The first-order valence-corrected chi connectivity index (χ1v) is 6.21. The Morgan fingerprint density at radius 3 is 2.93 bits per heavy atom. The van der Waals surface area contributed by atoms with E-state index in [-0.39, 0.29) is 6.61 Å². The molecular weight excluding hydrogens is 298 g/mol. The third kappa shape index (κ3) is 2.39. The molecule has 2 rings (SSSR count). The molecule has 0 amide bonds. The smallest absolute Gasteiger partial charge is 0.184 e. The molecule has 0 unspecified atom stereocenters. The molecule has 0 aliphatic carbocycles. The van der Waals surface area contributed by atoms with Crippen LogP contribution in [0.5, 0.6) is 0 Å². The second-order valence-corrected chi connectivity index (χ2v) is 5.49. The Balaban J connectivity index is 2.53. The van der Waals surface area contributed by atoms with Crippen molar-refractivity contribution in [3.63, 3.8) is 0 Å². The van der Waals surface area contributed by atoms with Gasteiger partial charge in [0.2, 0.25) is 0 Å². The fraction of sp³-hybridized carbons (Fsp3) is 0.100. The lowest BCUT2D eigenvalue weighted by atomic mass is 10.1. The van der Waals surface area contributed by atoms with Gasteiger partial charge in [0, 0.05) is 10.0 Å². The van der Waals surface area contributed by atoms with Crippen molar-refractivity contribution in [1.29, 1.82) is 0 Å². The van der Waals surface area contributed by atoms with Gasteiger partial charge in [-0.2, -0.15) is 0 Å². The number of thiazole rings is 1. The highest BCUT2D eigenvalue weighted by atomic mass is 79.9. The molecule has 0 bridgehead atoms. The molecule has 2 nitrogen and oxygen atoms in total. The van der Waals surface area contributed by atoms with Crippen molar-refractivity contribution in [2.45, 2.75) is 6.61 Å². The second-order valence-electron chi connectivity index (χ2n) is 2.91. The maximum absolute atomic E-state index is 9.16. The number of halogens is 2. The number of rotatable bonds is 2. The lowest BCUT2D eigenvalue weighted by Gasteiger charge is -1.99. The monoisotopic (exact) mass is 303 g/mol. The van der Waals surface area contributed by atoms with Crippen molar-refractivity contribution in [1.82, 2.24) is 4.98 Å². The van der Waals surface area contributed by atoms with Crippen molar-refractivity contribution < 1.29 is 5.11 Å². The van der Waals surface area contributed by atoms with Crippen molar-refractivity contribution in [3.05, 3.63) is 38.1 Å². The van der Waals surface area contributed by atoms with Crippen molar-refractivity contribution in [2.24, 2.45) is 0 Å². The zero-order valence-corrected chi connectivity index (χ0v) is 10.7. The first-order chi connectivity index (χ1) is 7.20. The summed E-state index contributed by atoms with van der Waals surface area (Å²) >= 11 is 10.5. The van der Waals surface area contributed by atoms with Gasteiger partial charge in [0.05, 0.1) is 17.2 Å².